The Morgan fingerprint density at radius 3 is 2.89 bits per heavy atom. The summed E-state index contributed by atoms with van der Waals surface area (Å²) in [6.45, 7) is 2.36. The predicted octanol–water partition coefficient (Wildman–Crippen LogP) is 2.34. The van der Waals surface area contributed by atoms with Gasteiger partial charge in [0.25, 0.3) is 5.91 Å². The Kier molecular flexibility index (Phi) is 4.72. The number of hydrogen-bond donors (Lipinski definition) is 0. The van der Waals surface area contributed by atoms with Crippen molar-refractivity contribution in [2.24, 2.45) is 5.92 Å². The largest absolute Gasteiger partial charge is 0.384 e. The van der Waals surface area contributed by atoms with E-state index in [0.29, 0.717) is 11.6 Å². The molecule has 1 fully saturated rings. The van der Waals surface area contributed by atoms with Crippen LogP contribution in [-0.2, 0) is 4.74 Å². The van der Waals surface area contributed by atoms with Crippen molar-refractivity contribution in [3.8, 4) is 0 Å². The summed E-state index contributed by atoms with van der Waals surface area (Å²) in [5, 5.41) is 0. The number of ether oxygens (including phenoxy) is 1. The number of hydrogen-bond acceptors (Lipinski definition) is 3. The van der Waals surface area contributed by atoms with Crippen molar-refractivity contribution in [2.75, 3.05) is 26.8 Å². The highest BCUT2D eigenvalue weighted by Crippen LogP contribution is 2.21. The van der Waals surface area contributed by atoms with Crippen LogP contribution in [0.4, 0.5) is 0 Å². The third kappa shape index (κ3) is 3.09. The van der Waals surface area contributed by atoms with Crippen LogP contribution in [0, 0.1) is 5.92 Å². The van der Waals surface area contributed by atoms with Gasteiger partial charge in [0, 0.05) is 37.5 Å². The average molecular weight is 313 g/mol. The Bertz CT molecular complexity index is 417. The third-order valence-corrected chi connectivity index (χ3v) is 3.91. The molecule has 18 heavy (non-hydrogen) atoms. The first kappa shape index (κ1) is 13.5. The zero-order valence-electron chi connectivity index (χ0n) is 10.4. The molecule has 1 aliphatic rings. The van der Waals surface area contributed by atoms with Crippen LogP contribution in [-0.4, -0.2) is 42.6 Å². The number of nitrogens with zero attached hydrogens (tertiary/aromatic N) is 2. The molecule has 1 amide bonds. The lowest BCUT2D eigenvalue weighted by Gasteiger charge is -2.31. The molecule has 5 heteroatoms. The lowest BCUT2D eigenvalue weighted by atomic mass is 9.97. The number of piperidine rings is 1. The average Bonchev–Trinajstić information content (AvgIpc) is 2.40. The smallest absolute Gasteiger partial charge is 0.273 e. The van der Waals surface area contributed by atoms with Gasteiger partial charge in [-0.05, 0) is 46.8 Å². The molecular weight excluding hydrogens is 296 g/mol. The molecule has 0 radical (unpaired) electrons. The second-order valence-electron chi connectivity index (χ2n) is 4.52. The normalized spacial score (nSPS) is 16.9. The van der Waals surface area contributed by atoms with Crippen LogP contribution in [0.25, 0.3) is 0 Å². The lowest BCUT2D eigenvalue weighted by Crippen LogP contribution is -2.39. The first-order valence-corrected chi connectivity index (χ1v) is 6.90. The molecule has 1 aromatic heterocycles. The highest BCUT2D eigenvalue weighted by Gasteiger charge is 2.25. The minimum absolute atomic E-state index is 0.0124. The summed E-state index contributed by atoms with van der Waals surface area (Å²) in [6.07, 6.45) is 3.66. The van der Waals surface area contributed by atoms with Gasteiger partial charge >= 0.3 is 0 Å². The third-order valence-electron chi connectivity index (χ3n) is 3.27. The second kappa shape index (κ2) is 6.29. The van der Waals surface area contributed by atoms with Crippen LogP contribution < -0.4 is 0 Å². The molecule has 4 nitrogen and oxygen atoms in total. The number of pyridine rings is 1. The predicted molar refractivity (Wildman–Crippen MR) is 72.4 cm³/mol. The fraction of sp³-hybridized carbons (Fsp3) is 0.538. The number of carbonyl (C=O) groups is 1. The quantitative estimate of drug-likeness (QED) is 0.860. The molecule has 0 bridgehead atoms. The Morgan fingerprint density at radius 1 is 1.56 bits per heavy atom. The van der Waals surface area contributed by atoms with Gasteiger partial charge < -0.3 is 9.64 Å². The molecule has 2 rings (SSSR count). The van der Waals surface area contributed by atoms with E-state index in [-0.39, 0.29) is 5.91 Å². The summed E-state index contributed by atoms with van der Waals surface area (Å²) in [5.41, 5.74) is 0.502. The van der Waals surface area contributed by atoms with Crippen LogP contribution in [0.1, 0.15) is 23.3 Å². The van der Waals surface area contributed by atoms with Gasteiger partial charge in [0.05, 0.1) is 0 Å². The Labute approximate surface area is 115 Å². The molecule has 0 aliphatic carbocycles. The molecule has 0 spiro atoms. The van der Waals surface area contributed by atoms with Crippen molar-refractivity contribution < 1.29 is 9.53 Å². The van der Waals surface area contributed by atoms with Gasteiger partial charge in [-0.15, -0.1) is 0 Å². The number of amides is 1. The molecule has 0 aromatic carbocycles. The first-order chi connectivity index (χ1) is 8.72. The molecule has 0 N–H and O–H groups in total. The summed E-state index contributed by atoms with van der Waals surface area (Å²) in [7, 11) is 1.72. The maximum Gasteiger partial charge on any atom is 0.273 e. The number of halogens is 1. The summed E-state index contributed by atoms with van der Waals surface area (Å²) in [6, 6.07) is 3.66. The van der Waals surface area contributed by atoms with E-state index in [1.807, 2.05) is 17.0 Å². The summed E-state index contributed by atoms with van der Waals surface area (Å²) in [4.78, 5) is 18.3. The van der Waals surface area contributed by atoms with Crippen LogP contribution in [0.3, 0.4) is 0 Å². The molecular formula is C13H17BrN2O2. The Hall–Kier alpha value is -0.940. The van der Waals surface area contributed by atoms with Gasteiger partial charge in [-0.3, -0.25) is 4.79 Å². The van der Waals surface area contributed by atoms with Gasteiger partial charge in [-0.1, -0.05) is 0 Å². The van der Waals surface area contributed by atoms with Crippen LogP contribution in [0.5, 0.6) is 0 Å². The van der Waals surface area contributed by atoms with Crippen molar-refractivity contribution in [1.29, 1.82) is 0 Å². The fourth-order valence-electron chi connectivity index (χ4n) is 2.23. The molecule has 1 aliphatic heterocycles. The minimum atomic E-state index is 0.0124. The SMILES string of the molecule is COCC1CCN(C(=O)c2ncccc2Br)CC1. The van der Waals surface area contributed by atoms with Gasteiger partial charge in [0.1, 0.15) is 5.69 Å². The molecule has 2 heterocycles. The standard InChI is InChI=1S/C13H17BrN2O2/c1-18-9-10-4-7-16(8-5-10)13(17)12-11(14)3-2-6-15-12/h2-3,6,10H,4-5,7-9H2,1H3. The van der Waals surface area contributed by atoms with Crippen molar-refractivity contribution in [3.05, 3.63) is 28.5 Å². The zero-order valence-corrected chi connectivity index (χ0v) is 12.0. The van der Waals surface area contributed by atoms with Crippen molar-refractivity contribution >= 4 is 21.8 Å². The van der Waals surface area contributed by atoms with Crippen LogP contribution in [0.2, 0.25) is 0 Å². The number of likely N-dealkylation sites (tertiary alicyclic amines) is 1. The van der Waals surface area contributed by atoms with Gasteiger partial charge in [-0.25, -0.2) is 4.98 Å². The Balaban J connectivity index is 1.98. The van der Waals surface area contributed by atoms with Gasteiger partial charge in [0.15, 0.2) is 0 Å². The summed E-state index contributed by atoms with van der Waals surface area (Å²) in [5.74, 6) is 0.588. The van der Waals surface area contributed by atoms with E-state index in [4.69, 9.17) is 4.74 Å². The lowest BCUT2D eigenvalue weighted by molar-refractivity contribution is 0.0607. The van der Waals surface area contributed by atoms with E-state index in [2.05, 4.69) is 20.9 Å². The highest BCUT2D eigenvalue weighted by molar-refractivity contribution is 9.10. The number of rotatable bonds is 3. The van der Waals surface area contributed by atoms with Crippen molar-refractivity contribution in [1.82, 2.24) is 9.88 Å². The van der Waals surface area contributed by atoms with Gasteiger partial charge in [0.2, 0.25) is 0 Å². The van der Waals surface area contributed by atoms with E-state index in [0.717, 1.165) is 37.0 Å². The minimum Gasteiger partial charge on any atom is -0.384 e. The van der Waals surface area contributed by atoms with Crippen LogP contribution >= 0.6 is 15.9 Å². The van der Waals surface area contributed by atoms with Crippen molar-refractivity contribution in [3.63, 3.8) is 0 Å². The van der Waals surface area contributed by atoms with E-state index in [9.17, 15) is 4.79 Å². The summed E-state index contributed by atoms with van der Waals surface area (Å²) >= 11 is 3.37. The number of aromatic nitrogens is 1. The summed E-state index contributed by atoms with van der Waals surface area (Å²) < 4.78 is 5.92. The van der Waals surface area contributed by atoms with E-state index in [1.165, 1.54) is 0 Å². The number of methoxy groups -OCH3 is 1. The molecule has 98 valence electrons. The van der Waals surface area contributed by atoms with E-state index < -0.39 is 0 Å². The monoisotopic (exact) mass is 312 g/mol. The van der Waals surface area contributed by atoms with E-state index >= 15 is 0 Å². The second-order valence-corrected chi connectivity index (χ2v) is 5.38. The molecule has 0 unspecified atom stereocenters. The zero-order chi connectivity index (χ0) is 13.0. The molecule has 1 aromatic rings. The van der Waals surface area contributed by atoms with Gasteiger partial charge in [-0.2, -0.15) is 0 Å². The van der Waals surface area contributed by atoms with Crippen molar-refractivity contribution in [2.45, 2.75) is 12.8 Å². The maximum atomic E-state index is 12.3. The molecule has 0 saturated carbocycles. The fourth-order valence-corrected chi connectivity index (χ4v) is 2.66. The molecule has 0 atom stereocenters. The topological polar surface area (TPSA) is 42.4 Å². The highest BCUT2D eigenvalue weighted by atomic mass is 79.9. The first-order valence-electron chi connectivity index (χ1n) is 6.11. The maximum absolute atomic E-state index is 12.3. The molecule has 1 saturated heterocycles. The van der Waals surface area contributed by atoms with E-state index in [1.54, 1.807) is 13.3 Å². The number of carbonyl (C=O) groups excluding carboxylic acids is 1. The Morgan fingerprint density at radius 2 is 2.28 bits per heavy atom. The van der Waals surface area contributed by atoms with Crippen LogP contribution in [0.15, 0.2) is 22.8 Å².